The van der Waals surface area contributed by atoms with Crippen LogP contribution < -0.4 is 14.6 Å². The highest BCUT2D eigenvalue weighted by atomic mass is 16.5. The van der Waals surface area contributed by atoms with Gasteiger partial charge in [-0.2, -0.15) is 0 Å². The van der Waals surface area contributed by atoms with Crippen molar-refractivity contribution in [1.29, 1.82) is 0 Å². The summed E-state index contributed by atoms with van der Waals surface area (Å²) in [4.78, 5) is 0. The molecule has 0 N–H and O–H groups in total. The van der Waals surface area contributed by atoms with Gasteiger partial charge in [0.1, 0.15) is 17.4 Å². The third-order valence-electron chi connectivity index (χ3n) is 3.50. The fourth-order valence-electron chi connectivity index (χ4n) is 2.34. The highest BCUT2D eigenvalue weighted by Crippen LogP contribution is 2.19. The molecule has 112 valence electrons. The SMILES string of the molecule is COc1ccc(C(c2ccc(OC)cc2)=[N+]2CC([O-])=N2)cc1. The Hall–Kier alpha value is -2.82. The highest BCUT2D eigenvalue weighted by molar-refractivity contribution is 6.10. The van der Waals surface area contributed by atoms with Crippen LogP contribution in [-0.2, 0) is 0 Å². The van der Waals surface area contributed by atoms with Gasteiger partial charge in [0, 0.05) is 11.1 Å². The molecule has 0 unspecified atom stereocenters. The summed E-state index contributed by atoms with van der Waals surface area (Å²) >= 11 is 0. The van der Waals surface area contributed by atoms with E-state index in [-0.39, 0.29) is 5.90 Å². The molecule has 5 nitrogen and oxygen atoms in total. The zero-order valence-electron chi connectivity index (χ0n) is 12.4. The number of rotatable bonds is 4. The summed E-state index contributed by atoms with van der Waals surface area (Å²) in [5.74, 6) is 1.46. The molecule has 2 aromatic carbocycles. The Morgan fingerprint density at radius 3 is 1.64 bits per heavy atom. The van der Waals surface area contributed by atoms with Crippen LogP contribution in [0.25, 0.3) is 0 Å². The molecule has 3 rings (SSSR count). The predicted molar refractivity (Wildman–Crippen MR) is 81.8 cm³/mol. The van der Waals surface area contributed by atoms with Crippen LogP contribution in [0.5, 0.6) is 11.5 Å². The first-order valence-corrected chi connectivity index (χ1v) is 6.89. The largest absolute Gasteiger partial charge is 0.853 e. The van der Waals surface area contributed by atoms with Gasteiger partial charge in [-0.3, -0.25) is 0 Å². The monoisotopic (exact) mass is 296 g/mol. The molecule has 0 atom stereocenters. The number of nitrogens with zero attached hydrogens (tertiary/aromatic N) is 2. The lowest BCUT2D eigenvalue weighted by atomic mass is 10.0. The summed E-state index contributed by atoms with van der Waals surface area (Å²) in [6, 6.07) is 15.4. The van der Waals surface area contributed by atoms with Crippen molar-refractivity contribution in [2.75, 3.05) is 20.8 Å². The van der Waals surface area contributed by atoms with E-state index >= 15 is 0 Å². The van der Waals surface area contributed by atoms with Crippen LogP contribution in [0.4, 0.5) is 0 Å². The first-order chi connectivity index (χ1) is 10.7. The first kappa shape index (κ1) is 14.1. The summed E-state index contributed by atoms with van der Waals surface area (Å²) < 4.78 is 12.1. The third-order valence-corrected chi connectivity index (χ3v) is 3.50. The molecule has 22 heavy (non-hydrogen) atoms. The van der Waals surface area contributed by atoms with Gasteiger partial charge in [0.2, 0.25) is 12.3 Å². The Morgan fingerprint density at radius 1 is 0.909 bits per heavy atom. The summed E-state index contributed by atoms with van der Waals surface area (Å²) in [5.41, 5.74) is 2.84. The number of hydrazone groups is 1. The van der Waals surface area contributed by atoms with Crippen LogP contribution in [0.1, 0.15) is 11.1 Å². The normalized spacial score (nSPS) is 13.2. The van der Waals surface area contributed by atoms with Gasteiger partial charge in [-0.15, -0.1) is 0 Å². The second-order valence-corrected chi connectivity index (χ2v) is 4.86. The molecule has 1 aliphatic rings. The first-order valence-electron chi connectivity index (χ1n) is 6.89. The van der Waals surface area contributed by atoms with E-state index in [2.05, 4.69) is 5.10 Å². The van der Waals surface area contributed by atoms with Crippen molar-refractivity contribution in [2.24, 2.45) is 5.10 Å². The highest BCUT2D eigenvalue weighted by Gasteiger charge is 2.25. The molecular formula is C17H16N2O3. The molecule has 1 heterocycles. The van der Waals surface area contributed by atoms with Crippen molar-refractivity contribution in [3.05, 3.63) is 59.7 Å². The summed E-state index contributed by atoms with van der Waals surface area (Å²) in [6.45, 7) is 0.299. The maximum atomic E-state index is 11.2. The molecule has 0 bridgehead atoms. The minimum absolute atomic E-state index is 0.112. The van der Waals surface area contributed by atoms with Gasteiger partial charge in [0.25, 0.3) is 0 Å². The van der Waals surface area contributed by atoms with E-state index in [9.17, 15) is 5.11 Å². The van der Waals surface area contributed by atoms with Gasteiger partial charge in [-0.25, -0.2) is 0 Å². The molecule has 0 saturated heterocycles. The molecule has 0 amide bonds. The van der Waals surface area contributed by atoms with Gasteiger partial charge < -0.3 is 14.6 Å². The van der Waals surface area contributed by atoms with Crippen LogP contribution in [0, 0.1) is 0 Å². The second-order valence-electron chi connectivity index (χ2n) is 4.86. The van der Waals surface area contributed by atoms with Crippen molar-refractivity contribution in [2.45, 2.75) is 0 Å². The molecule has 0 fully saturated rings. The summed E-state index contributed by atoms with van der Waals surface area (Å²) in [6.07, 6.45) is 0. The molecule has 0 radical (unpaired) electrons. The number of ether oxygens (including phenoxy) is 2. The van der Waals surface area contributed by atoms with E-state index in [0.29, 0.717) is 6.54 Å². The fourth-order valence-corrected chi connectivity index (χ4v) is 2.34. The lowest BCUT2D eigenvalue weighted by Crippen LogP contribution is -2.41. The van der Waals surface area contributed by atoms with Gasteiger partial charge in [0.15, 0.2) is 0 Å². The zero-order chi connectivity index (χ0) is 15.5. The van der Waals surface area contributed by atoms with Crippen molar-refractivity contribution >= 4 is 11.6 Å². The molecular weight excluding hydrogens is 280 g/mol. The van der Waals surface area contributed by atoms with Crippen LogP contribution >= 0.6 is 0 Å². The average Bonchev–Trinajstić information content (AvgIpc) is 2.55. The van der Waals surface area contributed by atoms with E-state index in [1.54, 1.807) is 18.9 Å². The molecule has 2 aromatic rings. The van der Waals surface area contributed by atoms with E-state index in [1.807, 2.05) is 48.5 Å². The molecule has 0 aromatic heterocycles. The maximum absolute atomic E-state index is 11.2. The van der Waals surface area contributed by atoms with Crippen molar-refractivity contribution in [3.63, 3.8) is 0 Å². The molecule has 0 spiro atoms. The van der Waals surface area contributed by atoms with Gasteiger partial charge >= 0.3 is 0 Å². The Bertz CT molecular complexity index is 682. The Balaban J connectivity index is 2.06. The van der Waals surface area contributed by atoms with Crippen molar-refractivity contribution in [3.8, 4) is 11.5 Å². The van der Waals surface area contributed by atoms with Crippen LogP contribution in [0.2, 0.25) is 0 Å². The van der Waals surface area contributed by atoms with Gasteiger partial charge in [-0.1, -0.05) is 4.68 Å². The van der Waals surface area contributed by atoms with Crippen LogP contribution in [0.15, 0.2) is 53.6 Å². The van der Waals surface area contributed by atoms with E-state index in [4.69, 9.17) is 9.47 Å². The molecule has 0 saturated carbocycles. The maximum Gasteiger partial charge on any atom is 0.246 e. The van der Waals surface area contributed by atoms with Crippen molar-refractivity contribution < 1.29 is 19.3 Å². The number of methoxy groups -OCH3 is 2. The number of hydrogen-bond acceptors (Lipinski definition) is 4. The van der Waals surface area contributed by atoms with Crippen LogP contribution in [-0.4, -0.2) is 37.1 Å². The van der Waals surface area contributed by atoms with E-state index < -0.39 is 0 Å². The number of hydrogen-bond donors (Lipinski definition) is 0. The lowest BCUT2D eigenvalue weighted by Gasteiger charge is -2.16. The second kappa shape index (κ2) is 5.89. The number of benzene rings is 2. The summed E-state index contributed by atoms with van der Waals surface area (Å²) in [7, 11) is 3.26. The smallest absolute Gasteiger partial charge is 0.246 e. The van der Waals surface area contributed by atoms with Gasteiger partial charge in [-0.05, 0) is 53.6 Å². The molecule has 5 heteroatoms. The standard InChI is InChI=1S/C17H16N2O3/c1-21-14-7-3-12(4-8-14)17(19-11-16(20)18-19)13-5-9-15(22-2)10-6-13/h3-10H,11H2,1-2H3. The predicted octanol–water partition coefficient (Wildman–Crippen LogP) is 1.24. The fraction of sp³-hybridized carbons (Fsp3) is 0.176. The zero-order valence-corrected chi connectivity index (χ0v) is 12.4. The quantitative estimate of drug-likeness (QED) is 0.798. The summed E-state index contributed by atoms with van der Waals surface area (Å²) in [5, 5.41) is 15.2. The Morgan fingerprint density at radius 2 is 1.32 bits per heavy atom. The van der Waals surface area contributed by atoms with E-state index in [1.165, 1.54) is 0 Å². The lowest BCUT2D eigenvalue weighted by molar-refractivity contribution is -0.562. The van der Waals surface area contributed by atoms with Crippen LogP contribution in [0.3, 0.4) is 0 Å². The van der Waals surface area contributed by atoms with Crippen molar-refractivity contribution in [1.82, 2.24) is 0 Å². The third kappa shape index (κ3) is 2.65. The average molecular weight is 296 g/mol. The van der Waals surface area contributed by atoms with E-state index in [0.717, 1.165) is 28.3 Å². The molecule has 1 aliphatic heterocycles. The minimum atomic E-state index is -0.112. The van der Waals surface area contributed by atoms with Gasteiger partial charge in [0.05, 0.1) is 14.2 Å². The topological polar surface area (TPSA) is 56.9 Å². The Kier molecular flexibility index (Phi) is 3.78. The minimum Gasteiger partial charge on any atom is -0.853 e. The molecule has 0 aliphatic carbocycles. The Labute approximate surface area is 128 Å².